The first-order chi connectivity index (χ1) is 10.9. The number of hydrogen-bond donors (Lipinski definition) is 0. The molecule has 4 aliphatic carbocycles. The largest absolute Gasteiger partial charge is 0.414 e. The standard InChI is InChI=1S/C21H36OSi/c1-21-14-13-17-16-8-6-5-7-15(16)9-10-18(17)19(21)11-12-20(21)22-23(2,3)4/h7,16-20H,5-6,8-14H2,1-4H3/t16-,17+,18+,19-,20-,21-/m0/s1. The molecule has 3 saturated carbocycles. The van der Waals surface area contributed by atoms with Crippen LogP contribution in [-0.4, -0.2) is 14.4 Å². The van der Waals surface area contributed by atoms with E-state index in [-0.39, 0.29) is 0 Å². The van der Waals surface area contributed by atoms with Gasteiger partial charge >= 0.3 is 0 Å². The molecule has 0 N–H and O–H groups in total. The Bertz CT molecular complexity index is 491. The van der Waals surface area contributed by atoms with E-state index >= 15 is 0 Å². The Hall–Kier alpha value is -0.0831. The van der Waals surface area contributed by atoms with Crippen LogP contribution in [0.25, 0.3) is 0 Å². The van der Waals surface area contributed by atoms with Gasteiger partial charge in [-0.1, -0.05) is 18.6 Å². The van der Waals surface area contributed by atoms with Crippen molar-refractivity contribution < 1.29 is 4.43 Å². The number of hydrogen-bond acceptors (Lipinski definition) is 1. The number of allylic oxidation sites excluding steroid dienone is 2. The predicted molar refractivity (Wildman–Crippen MR) is 99.9 cm³/mol. The zero-order valence-electron chi connectivity index (χ0n) is 15.7. The van der Waals surface area contributed by atoms with Crippen molar-refractivity contribution in [3.8, 4) is 0 Å². The summed E-state index contributed by atoms with van der Waals surface area (Å²) >= 11 is 0. The molecule has 0 saturated heterocycles. The molecule has 0 bridgehead atoms. The Balaban J connectivity index is 1.55. The highest BCUT2D eigenvalue weighted by Gasteiger charge is 2.56. The molecule has 23 heavy (non-hydrogen) atoms. The van der Waals surface area contributed by atoms with Crippen molar-refractivity contribution in [2.75, 3.05) is 0 Å². The van der Waals surface area contributed by atoms with Crippen molar-refractivity contribution in [2.24, 2.45) is 29.1 Å². The Morgan fingerprint density at radius 3 is 2.65 bits per heavy atom. The van der Waals surface area contributed by atoms with Gasteiger partial charge in [0, 0.05) is 0 Å². The molecule has 0 aromatic heterocycles. The quantitative estimate of drug-likeness (QED) is 0.434. The Morgan fingerprint density at radius 1 is 1.04 bits per heavy atom. The highest BCUT2D eigenvalue weighted by Crippen LogP contribution is 2.62. The van der Waals surface area contributed by atoms with Crippen LogP contribution < -0.4 is 0 Å². The lowest BCUT2D eigenvalue weighted by atomic mass is 9.52. The van der Waals surface area contributed by atoms with Gasteiger partial charge in [0.15, 0.2) is 8.32 Å². The highest BCUT2D eigenvalue weighted by molar-refractivity contribution is 6.69. The van der Waals surface area contributed by atoms with Crippen LogP contribution in [0, 0.1) is 29.1 Å². The van der Waals surface area contributed by atoms with Gasteiger partial charge in [-0.25, -0.2) is 0 Å². The molecule has 0 unspecified atom stereocenters. The van der Waals surface area contributed by atoms with Crippen molar-refractivity contribution in [3.63, 3.8) is 0 Å². The summed E-state index contributed by atoms with van der Waals surface area (Å²) in [5, 5.41) is 0. The summed E-state index contributed by atoms with van der Waals surface area (Å²) in [5.41, 5.74) is 2.34. The van der Waals surface area contributed by atoms with Crippen LogP contribution in [-0.2, 0) is 4.43 Å². The van der Waals surface area contributed by atoms with Crippen LogP contribution >= 0.6 is 0 Å². The second-order valence-corrected chi connectivity index (χ2v) is 14.6. The average molecular weight is 333 g/mol. The van der Waals surface area contributed by atoms with Crippen LogP contribution in [0.3, 0.4) is 0 Å². The third-order valence-electron chi connectivity index (χ3n) is 7.79. The molecule has 0 aromatic rings. The van der Waals surface area contributed by atoms with Crippen LogP contribution in [0.4, 0.5) is 0 Å². The van der Waals surface area contributed by atoms with Crippen LogP contribution in [0.2, 0.25) is 19.6 Å². The molecule has 0 amide bonds. The third-order valence-corrected chi connectivity index (χ3v) is 8.78. The van der Waals surface area contributed by atoms with Crippen molar-refractivity contribution in [3.05, 3.63) is 11.6 Å². The molecule has 6 atom stereocenters. The van der Waals surface area contributed by atoms with E-state index in [4.69, 9.17) is 4.43 Å². The zero-order chi connectivity index (χ0) is 16.2. The van der Waals surface area contributed by atoms with Crippen LogP contribution in [0.15, 0.2) is 11.6 Å². The minimum atomic E-state index is -1.43. The lowest BCUT2D eigenvalue weighted by Crippen LogP contribution is -2.49. The maximum atomic E-state index is 6.68. The maximum absolute atomic E-state index is 6.68. The first-order valence-electron chi connectivity index (χ1n) is 10.3. The molecule has 0 aromatic carbocycles. The summed E-state index contributed by atoms with van der Waals surface area (Å²) in [6.45, 7) is 9.71. The Kier molecular flexibility index (Phi) is 4.08. The first-order valence-corrected chi connectivity index (χ1v) is 13.7. The highest BCUT2D eigenvalue weighted by atomic mass is 28.4. The van der Waals surface area contributed by atoms with Crippen molar-refractivity contribution in [2.45, 2.75) is 90.5 Å². The van der Waals surface area contributed by atoms with Gasteiger partial charge in [0.2, 0.25) is 0 Å². The predicted octanol–water partition coefficient (Wildman–Crippen LogP) is 6.17. The lowest BCUT2D eigenvalue weighted by Gasteiger charge is -2.54. The molecule has 3 fully saturated rings. The smallest absolute Gasteiger partial charge is 0.184 e. The number of fused-ring (bicyclic) bond motifs is 5. The summed E-state index contributed by atoms with van der Waals surface area (Å²) in [6, 6.07) is 0. The van der Waals surface area contributed by atoms with E-state index in [2.05, 4.69) is 32.6 Å². The van der Waals surface area contributed by atoms with Crippen LogP contribution in [0.1, 0.15) is 64.7 Å². The molecule has 1 nitrogen and oxygen atoms in total. The summed E-state index contributed by atoms with van der Waals surface area (Å²) in [6.07, 6.45) is 16.0. The molecule has 0 radical (unpaired) electrons. The van der Waals surface area contributed by atoms with Crippen molar-refractivity contribution in [1.29, 1.82) is 0 Å². The van der Waals surface area contributed by atoms with Gasteiger partial charge in [-0.15, -0.1) is 0 Å². The molecule has 0 spiro atoms. The number of rotatable bonds is 2. The molecule has 0 aliphatic heterocycles. The van der Waals surface area contributed by atoms with E-state index in [0.29, 0.717) is 11.5 Å². The van der Waals surface area contributed by atoms with E-state index in [0.717, 1.165) is 23.7 Å². The molecular formula is C21H36OSi. The molecule has 4 rings (SSSR count). The van der Waals surface area contributed by atoms with Gasteiger partial charge < -0.3 is 4.43 Å². The second-order valence-electron chi connectivity index (χ2n) is 10.1. The minimum Gasteiger partial charge on any atom is -0.414 e. The third kappa shape index (κ3) is 2.78. The van der Waals surface area contributed by atoms with Gasteiger partial charge in [0.05, 0.1) is 6.10 Å². The Labute approximate surface area is 144 Å². The van der Waals surface area contributed by atoms with E-state index in [1.54, 1.807) is 0 Å². The SMILES string of the molecule is C[C@]12CC[C@H]3[C@@H](CCC4=CCCC[C@@H]43)[C@@H]1CC[C@@H]2O[Si](C)(C)C. The average Bonchev–Trinajstić information content (AvgIpc) is 2.82. The van der Waals surface area contributed by atoms with Crippen molar-refractivity contribution in [1.82, 2.24) is 0 Å². The van der Waals surface area contributed by atoms with Crippen LogP contribution in [0.5, 0.6) is 0 Å². The van der Waals surface area contributed by atoms with E-state index < -0.39 is 8.32 Å². The van der Waals surface area contributed by atoms with Gasteiger partial charge in [0.25, 0.3) is 0 Å². The molecule has 2 heteroatoms. The summed E-state index contributed by atoms with van der Waals surface area (Å²) < 4.78 is 6.68. The fourth-order valence-electron chi connectivity index (χ4n) is 6.88. The Morgan fingerprint density at radius 2 is 1.87 bits per heavy atom. The minimum absolute atomic E-state index is 0.483. The topological polar surface area (TPSA) is 9.23 Å². The maximum Gasteiger partial charge on any atom is 0.184 e. The summed E-state index contributed by atoms with van der Waals surface area (Å²) in [5.74, 6) is 3.93. The fourth-order valence-corrected chi connectivity index (χ4v) is 8.12. The summed E-state index contributed by atoms with van der Waals surface area (Å²) in [7, 11) is -1.43. The molecular weight excluding hydrogens is 296 g/mol. The molecule has 4 aliphatic rings. The van der Waals surface area contributed by atoms with E-state index in [1.165, 1.54) is 57.8 Å². The first kappa shape index (κ1) is 16.4. The second kappa shape index (κ2) is 5.73. The van der Waals surface area contributed by atoms with Gasteiger partial charge in [-0.3, -0.25) is 0 Å². The van der Waals surface area contributed by atoms with E-state index in [9.17, 15) is 0 Å². The normalized spacial score (nSPS) is 46.6. The lowest BCUT2D eigenvalue weighted by molar-refractivity contribution is -0.0473. The van der Waals surface area contributed by atoms with Gasteiger partial charge in [-0.2, -0.15) is 0 Å². The zero-order valence-corrected chi connectivity index (χ0v) is 16.7. The monoisotopic (exact) mass is 332 g/mol. The van der Waals surface area contributed by atoms with Gasteiger partial charge in [-0.05, 0) is 107 Å². The van der Waals surface area contributed by atoms with E-state index in [1.807, 2.05) is 5.57 Å². The van der Waals surface area contributed by atoms with Gasteiger partial charge in [0.1, 0.15) is 0 Å². The summed E-state index contributed by atoms with van der Waals surface area (Å²) in [4.78, 5) is 0. The van der Waals surface area contributed by atoms with Crippen molar-refractivity contribution >= 4 is 8.32 Å². The molecule has 0 heterocycles. The fraction of sp³-hybridized carbons (Fsp3) is 0.905. The molecule has 130 valence electrons.